The Morgan fingerprint density at radius 1 is 0.231 bits per heavy atom. The van der Waals surface area contributed by atoms with Gasteiger partial charge in [-0.05, 0) is 156 Å². The topological polar surface area (TPSA) is 77.3 Å². The fraction of sp³-hybridized carbons (Fsp3) is 0.116. The zero-order valence-corrected chi connectivity index (χ0v) is 64.7. The summed E-state index contributed by atoms with van der Waals surface area (Å²) in [5, 5.41) is 0. The molecule has 0 N–H and O–H groups in total. The van der Waals surface area contributed by atoms with Crippen molar-refractivity contribution in [2.24, 2.45) is 0 Å². The quantitative estimate of drug-likeness (QED) is 0.134. The number of benzene rings is 9. The molecule has 0 atom stereocenters. The molecule has 3 radical (unpaired) electrons. The molecule has 9 aromatic carbocycles. The van der Waals surface area contributed by atoms with Crippen molar-refractivity contribution in [2.75, 3.05) is 0 Å². The van der Waals surface area contributed by atoms with E-state index in [0.29, 0.717) is 50.6 Å². The van der Waals surface area contributed by atoms with Gasteiger partial charge < -0.3 is 29.9 Å². The largest absolute Gasteiger partial charge is 0.304 e. The normalized spacial score (nSPS) is 13.3. The van der Waals surface area contributed by atoms with Crippen molar-refractivity contribution >= 4 is 0 Å². The van der Waals surface area contributed by atoms with Crippen LogP contribution in [0, 0.1) is 112 Å². The molecule has 0 bridgehead atoms. The minimum Gasteiger partial charge on any atom is -0.304 e. The first kappa shape index (κ1) is 58.2. The number of pyridine rings is 6. The van der Waals surface area contributed by atoms with Gasteiger partial charge in [-0.25, -0.2) is 0 Å². The molecule has 15 aromatic rings. The maximum atomic E-state index is 7.72. The van der Waals surface area contributed by atoms with E-state index in [1.165, 1.54) is 88.5 Å². The van der Waals surface area contributed by atoms with Crippen LogP contribution < -0.4 is 0 Å². The van der Waals surface area contributed by atoms with Crippen LogP contribution >= 0.6 is 0 Å². The number of aromatic nitrogens is 6. The summed E-state index contributed by atoms with van der Waals surface area (Å²) in [5.41, 5.74) is 21.9. The molecule has 104 heavy (non-hydrogen) atoms. The molecule has 0 unspecified atom stereocenters. The second-order valence-electron chi connectivity index (χ2n) is 23.3. The Labute approximate surface area is 682 Å². The van der Waals surface area contributed by atoms with E-state index in [9.17, 15) is 0 Å². The predicted octanol–water partition coefficient (Wildman–Crippen LogP) is 23.7. The van der Waals surface area contributed by atoms with Crippen molar-refractivity contribution < 1.29 is 85.0 Å². The summed E-state index contributed by atoms with van der Waals surface area (Å²) in [6, 6.07) is 98.7. The first-order valence-corrected chi connectivity index (χ1v) is 32.3. The molecule has 6 nitrogen and oxygen atoms in total. The Hall–Kier alpha value is -10.2. The van der Waals surface area contributed by atoms with Gasteiger partial charge in [-0.2, -0.15) is 0 Å². The van der Waals surface area contributed by atoms with Gasteiger partial charge in [0.15, 0.2) is 0 Å². The molecule has 6 aromatic heterocycles. The maximum absolute atomic E-state index is 7.72. The molecule has 0 amide bonds. The zero-order chi connectivity index (χ0) is 85.9. The Kier molecular flexibility index (Phi) is 23.1. The molecule has 9 heteroatoms. The van der Waals surface area contributed by atoms with Gasteiger partial charge in [-0.15, -0.1) is 214 Å². The van der Waals surface area contributed by atoms with Crippen LogP contribution in [0.4, 0.5) is 0 Å². The fourth-order valence-electron chi connectivity index (χ4n) is 10.0. The Bertz CT molecular complexity index is 5580. The standard InChI is InChI=1S/3C18H14N.2C14H14N.C13H12N.3Ir/c3*1-14-13-19-18(16-10-6-3-7-11-16)12-17(14)15-8-4-2-5-9-15;2*1-10-4-6-13(7-5-10)14-8-11(2)12(3)9-15-14;1-10-3-6-12(7-4-10)13-8-5-11(2)9-14-13;;;/h3*2-10,12-13H,1H3;2*4-6,8-9H,1-3H3;3-6,8-9H,1-2H3;;;/q6*-1;;;/i2*1D3;;1D3,3D3;;1D3,2D3;;;. The Balaban J connectivity index is 0.000000201. The summed E-state index contributed by atoms with van der Waals surface area (Å²) >= 11 is 0. The summed E-state index contributed by atoms with van der Waals surface area (Å²) in [6.07, 6.45) is 9.38. The molecule has 0 aliphatic carbocycles. The molecule has 0 saturated heterocycles. The van der Waals surface area contributed by atoms with Gasteiger partial charge >= 0.3 is 0 Å². The maximum Gasteiger partial charge on any atom is 0.0280 e. The van der Waals surface area contributed by atoms with Crippen LogP contribution in [0.1, 0.15) is 85.9 Å². The van der Waals surface area contributed by atoms with E-state index in [1.54, 1.807) is 31.2 Å². The summed E-state index contributed by atoms with van der Waals surface area (Å²) in [5.74, 6) is 0. The van der Waals surface area contributed by atoms with E-state index in [2.05, 4.69) is 143 Å². The number of rotatable bonds is 9. The second kappa shape index (κ2) is 41.2. The molecule has 6 heterocycles. The van der Waals surface area contributed by atoms with E-state index in [4.69, 9.17) is 24.7 Å². The van der Waals surface area contributed by atoms with Crippen molar-refractivity contribution in [1.82, 2.24) is 29.9 Å². The monoisotopic (exact) mass is 1900 g/mol. The molecule has 0 saturated carbocycles. The van der Waals surface area contributed by atoms with Crippen molar-refractivity contribution in [3.05, 3.63) is 396 Å². The van der Waals surface area contributed by atoms with Crippen LogP contribution in [0.2, 0.25) is 0 Å². The zero-order valence-electron chi connectivity index (χ0n) is 75.5. The smallest absolute Gasteiger partial charge is 0.0280 e. The van der Waals surface area contributed by atoms with Crippen LogP contribution in [-0.4, -0.2) is 29.9 Å². The van der Waals surface area contributed by atoms with E-state index < -0.39 is 41.1 Å². The molecule has 0 aliphatic rings. The van der Waals surface area contributed by atoms with Crippen LogP contribution in [0.15, 0.2) is 298 Å². The summed E-state index contributed by atoms with van der Waals surface area (Å²) < 4.78 is 134. The molecular weight excluding hydrogens is 1800 g/mol. The molecule has 525 valence electrons. The third-order valence-electron chi connectivity index (χ3n) is 15.8. The van der Waals surface area contributed by atoms with E-state index in [0.717, 1.165) is 44.8 Å². The van der Waals surface area contributed by atoms with Crippen molar-refractivity contribution in [2.45, 2.75) is 75.7 Å². The fourth-order valence-corrected chi connectivity index (χ4v) is 10.0. The number of hydrogen-bond acceptors (Lipinski definition) is 6. The van der Waals surface area contributed by atoms with Gasteiger partial charge in [0.05, 0.1) is 0 Å². The minimum atomic E-state index is -2.20. The second-order valence-corrected chi connectivity index (χ2v) is 23.3. The van der Waals surface area contributed by atoms with E-state index in [-0.39, 0.29) is 93.7 Å². The van der Waals surface area contributed by atoms with Gasteiger partial charge in [-0.3, -0.25) is 0 Å². The van der Waals surface area contributed by atoms with Crippen molar-refractivity contribution in [1.29, 1.82) is 0 Å². The Morgan fingerprint density at radius 2 is 0.538 bits per heavy atom. The third-order valence-corrected chi connectivity index (χ3v) is 15.8. The van der Waals surface area contributed by atoms with Gasteiger partial charge in [0, 0.05) is 122 Å². The number of aryl methyl sites for hydroxylation is 11. The van der Waals surface area contributed by atoms with Crippen molar-refractivity contribution in [3.8, 4) is 101 Å². The third kappa shape index (κ3) is 23.7. The van der Waals surface area contributed by atoms with Crippen LogP contribution in [0.25, 0.3) is 101 Å². The molecule has 0 fully saturated rings. The summed E-state index contributed by atoms with van der Waals surface area (Å²) in [7, 11) is 0. The molecule has 0 aliphatic heterocycles. The van der Waals surface area contributed by atoms with Gasteiger partial charge in [0.1, 0.15) is 0 Å². The molecule has 15 rings (SSSR count). The summed E-state index contributed by atoms with van der Waals surface area (Å²) in [4.78, 5) is 25.7. The average Bonchev–Trinajstić information content (AvgIpc) is 0.788. The van der Waals surface area contributed by atoms with Crippen LogP contribution in [0.3, 0.4) is 0 Å². The first-order valence-electron chi connectivity index (χ1n) is 41.3. The van der Waals surface area contributed by atoms with E-state index in [1.807, 2.05) is 170 Å². The number of nitrogens with zero attached hydrogens (tertiary/aromatic N) is 6. The van der Waals surface area contributed by atoms with Crippen LogP contribution in [0.5, 0.6) is 0 Å². The van der Waals surface area contributed by atoms with E-state index >= 15 is 0 Å². The predicted molar refractivity (Wildman–Crippen MR) is 419 cm³/mol. The van der Waals surface area contributed by atoms with Crippen molar-refractivity contribution in [3.63, 3.8) is 0 Å². The first-order chi connectivity index (χ1) is 56.4. The molecule has 0 spiro atoms. The van der Waals surface area contributed by atoms with Crippen LogP contribution in [-0.2, 0) is 60.3 Å². The SMILES string of the molecule is Cc1c[c-]c(-c2cc(C)c(C)cn2)cc1.Cc1cnc(-c2[c-]cccc2)cc1-c1ccccc1.[2H]C([2H])([2H])c1c[c-]c(-c2cc(C)c(C([2H])([2H])[2H])cn2)cc1.[2H]C([2H])([2H])c1c[c-]c(-c2ccc(C([2H])([2H])[2H])cn2)cc1.[2H]C([2H])([2H])c1cnc(-c2[c-]cccc2)cc1-c1ccccc1.[2H]C([2H])([2H])c1cnc(-c2[c-]cccc2)cc1-c1ccccc1.[Ir].[Ir].[Ir]. The van der Waals surface area contributed by atoms with Gasteiger partial charge in [0.2, 0.25) is 0 Å². The number of hydrogen-bond donors (Lipinski definition) is 0. The van der Waals surface area contributed by atoms with Gasteiger partial charge in [0.25, 0.3) is 0 Å². The average molecular weight is 1900 g/mol. The van der Waals surface area contributed by atoms with Gasteiger partial charge in [-0.1, -0.05) is 165 Å². The minimum absolute atomic E-state index is 0. The summed E-state index contributed by atoms with van der Waals surface area (Å²) in [6.45, 7) is -3.04. The molecular formula is C95H82Ir3N6-6. The Morgan fingerprint density at radius 3 is 0.865 bits per heavy atom.